The molecule has 1 aromatic rings. The molecule has 1 heterocycles. The van der Waals surface area contributed by atoms with E-state index in [1.165, 1.54) is 4.31 Å². The lowest BCUT2D eigenvalue weighted by Gasteiger charge is -2.35. The molecule has 1 N–H and O–H groups in total. The van der Waals surface area contributed by atoms with Crippen LogP contribution in [0.2, 0.25) is 0 Å². The second-order valence-electron chi connectivity index (χ2n) is 11.6. The molecule has 0 aromatic heterocycles. The highest BCUT2D eigenvalue weighted by Crippen LogP contribution is 2.43. The first-order valence-electron chi connectivity index (χ1n) is 12.9. The van der Waals surface area contributed by atoms with Crippen LogP contribution in [0.4, 0.5) is 18.0 Å². The number of alkyl halides is 3. The highest BCUT2D eigenvalue weighted by molar-refractivity contribution is 7.89. The fraction of sp³-hybridized carbons (Fsp3) is 0.692. The lowest BCUT2D eigenvalue weighted by Crippen LogP contribution is -2.55. The lowest BCUT2D eigenvalue weighted by atomic mass is 9.95. The molecular weight excluding hydrogens is 523 g/mol. The highest BCUT2D eigenvalue weighted by Gasteiger charge is 2.51. The van der Waals surface area contributed by atoms with E-state index in [2.05, 4.69) is 5.32 Å². The number of rotatable bonds is 7. The number of hydrogen-bond acceptors (Lipinski definition) is 6. The largest absolute Gasteiger partial charge is 0.443 e. The summed E-state index contributed by atoms with van der Waals surface area (Å²) in [7, 11) is -2.57. The van der Waals surface area contributed by atoms with Crippen molar-refractivity contribution in [3.05, 3.63) is 29.8 Å². The van der Waals surface area contributed by atoms with Gasteiger partial charge in [-0.25, -0.2) is 18.1 Å². The van der Waals surface area contributed by atoms with Crippen molar-refractivity contribution >= 4 is 22.0 Å². The molecule has 3 rings (SSSR count). The SMILES string of the molecule is CN[C@@H](CC(C)C)C(=O)N(C(=O)OC(C)(C)C)[C@@H]1CC[C@H]2CN(S(=O)(=O)c3cccc(C(F)(F)F)c3)C[C@H]21. The number of likely N-dealkylation sites (N-methyl/N-ethyl adjacent to an activating group) is 1. The fourth-order valence-electron chi connectivity index (χ4n) is 5.38. The van der Waals surface area contributed by atoms with Crippen molar-refractivity contribution in [2.24, 2.45) is 17.8 Å². The van der Waals surface area contributed by atoms with Gasteiger partial charge in [-0.3, -0.25) is 4.79 Å². The summed E-state index contributed by atoms with van der Waals surface area (Å²) < 4.78 is 73.0. The molecule has 8 nitrogen and oxygen atoms in total. The number of fused-ring (bicyclic) bond motifs is 1. The van der Waals surface area contributed by atoms with Crippen molar-refractivity contribution < 1.29 is 35.9 Å². The first-order valence-corrected chi connectivity index (χ1v) is 14.3. The van der Waals surface area contributed by atoms with E-state index in [1.54, 1.807) is 27.8 Å². The van der Waals surface area contributed by atoms with Gasteiger partial charge in [0.1, 0.15) is 5.60 Å². The molecule has 2 aliphatic rings. The summed E-state index contributed by atoms with van der Waals surface area (Å²) in [5.74, 6) is -0.756. The minimum atomic E-state index is -4.67. The second kappa shape index (κ2) is 11.1. The molecule has 12 heteroatoms. The molecule has 0 radical (unpaired) electrons. The number of carbonyl (C=O) groups is 2. The van der Waals surface area contributed by atoms with Gasteiger partial charge in [-0.2, -0.15) is 17.5 Å². The van der Waals surface area contributed by atoms with Crippen molar-refractivity contribution in [3.63, 3.8) is 0 Å². The molecule has 38 heavy (non-hydrogen) atoms. The molecule has 0 bridgehead atoms. The average molecular weight is 562 g/mol. The van der Waals surface area contributed by atoms with Crippen molar-refractivity contribution in [3.8, 4) is 0 Å². The molecule has 4 atom stereocenters. The van der Waals surface area contributed by atoms with E-state index < -0.39 is 56.3 Å². The number of halogens is 3. The Bertz CT molecular complexity index is 1130. The van der Waals surface area contributed by atoms with Crippen LogP contribution < -0.4 is 5.32 Å². The van der Waals surface area contributed by atoms with Gasteiger partial charge in [-0.05, 0) is 83.0 Å². The molecule has 0 spiro atoms. The Morgan fingerprint density at radius 1 is 1.16 bits per heavy atom. The Morgan fingerprint density at radius 2 is 1.82 bits per heavy atom. The summed E-state index contributed by atoms with van der Waals surface area (Å²) in [6, 6.07) is 2.47. The van der Waals surface area contributed by atoms with Crippen LogP contribution in [0, 0.1) is 17.8 Å². The predicted octanol–water partition coefficient (Wildman–Crippen LogP) is 4.50. The molecule has 1 saturated carbocycles. The van der Waals surface area contributed by atoms with E-state index in [-0.39, 0.29) is 30.8 Å². The van der Waals surface area contributed by atoms with Crippen LogP contribution in [0.5, 0.6) is 0 Å². The Balaban J connectivity index is 1.90. The third kappa shape index (κ3) is 6.69. The van der Waals surface area contributed by atoms with Gasteiger partial charge in [-0.15, -0.1) is 0 Å². The van der Waals surface area contributed by atoms with Gasteiger partial charge in [0.2, 0.25) is 15.9 Å². The second-order valence-corrected chi connectivity index (χ2v) is 13.5. The number of benzene rings is 1. The van der Waals surface area contributed by atoms with Gasteiger partial charge < -0.3 is 10.1 Å². The van der Waals surface area contributed by atoms with Gasteiger partial charge in [0, 0.05) is 19.1 Å². The third-order valence-electron chi connectivity index (χ3n) is 7.10. The third-order valence-corrected chi connectivity index (χ3v) is 8.93. The monoisotopic (exact) mass is 561 g/mol. The summed E-state index contributed by atoms with van der Waals surface area (Å²) in [5, 5.41) is 2.99. The van der Waals surface area contributed by atoms with Crippen molar-refractivity contribution in [1.29, 1.82) is 0 Å². The van der Waals surface area contributed by atoms with Crippen molar-refractivity contribution in [2.45, 2.75) is 82.6 Å². The van der Waals surface area contributed by atoms with Crippen LogP contribution in [0.15, 0.2) is 29.2 Å². The van der Waals surface area contributed by atoms with Gasteiger partial charge in [0.25, 0.3) is 0 Å². The van der Waals surface area contributed by atoms with Crippen LogP contribution in [0.1, 0.15) is 59.4 Å². The topological polar surface area (TPSA) is 96.0 Å². The maximum absolute atomic E-state index is 13.7. The number of ether oxygens (including phenoxy) is 1. The Morgan fingerprint density at radius 3 is 2.37 bits per heavy atom. The van der Waals surface area contributed by atoms with Gasteiger partial charge in [-0.1, -0.05) is 19.9 Å². The number of sulfonamides is 1. The summed E-state index contributed by atoms with van der Waals surface area (Å²) in [5.41, 5.74) is -1.89. The normalized spacial score (nSPS) is 23.4. The zero-order valence-electron chi connectivity index (χ0n) is 22.7. The van der Waals surface area contributed by atoms with Gasteiger partial charge in [0.05, 0.1) is 16.5 Å². The zero-order valence-corrected chi connectivity index (χ0v) is 23.5. The molecule has 1 aliphatic carbocycles. The highest BCUT2D eigenvalue weighted by atomic mass is 32.2. The van der Waals surface area contributed by atoms with Crippen molar-refractivity contribution in [1.82, 2.24) is 14.5 Å². The Hall–Kier alpha value is -2.18. The minimum Gasteiger partial charge on any atom is -0.443 e. The van der Waals surface area contributed by atoms with Crippen LogP contribution in [-0.4, -0.2) is 67.4 Å². The van der Waals surface area contributed by atoms with E-state index in [4.69, 9.17) is 4.74 Å². The molecule has 0 unspecified atom stereocenters. The van der Waals surface area contributed by atoms with E-state index in [0.29, 0.717) is 25.3 Å². The van der Waals surface area contributed by atoms with E-state index in [9.17, 15) is 31.2 Å². The average Bonchev–Trinajstić information content (AvgIpc) is 3.38. The van der Waals surface area contributed by atoms with E-state index in [1.807, 2.05) is 13.8 Å². The van der Waals surface area contributed by atoms with E-state index >= 15 is 0 Å². The number of hydrogen-bond donors (Lipinski definition) is 1. The Labute approximate surface area is 222 Å². The summed E-state index contributed by atoms with van der Waals surface area (Å²) >= 11 is 0. The standard InChI is InChI=1S/C26H38F3N3O5S/c1-16(2)12-21(30-6)23(33)32(24(34)37-25(3,4)5)22-11-10-17-14-31(15-20(17)22)38(35,36)19-9-7-8-18(13-19)26(27,28)29/h7-9,13,16-17,20-22,30H,10-12,14-15H2,1-6H3/t17-,20+,21-,22+/m0/s1. The zero-order chi connectivity index (χ0) is 28.6. The molecule has 1 aromatic carbocycles. The van der Waals surface area contributed by atoms with Gasteiger partial charge in [0.15, 0.2) is 0 Å². The summed E-state index contributed by atoms with van der Waals surface area (Å²) in [6.07, 6.45) is -3.89. The number of amides is 2. The van der Waals surface area contributed by atoms with Crippen LogP contribution in [0.3, 0.4) is 0 Å². The molecular formula is C26H38F3N3O5S. The molecule has 1 saturated heterocycles. The number of nitrogens with one attached hydrogen (secondary N) is 1. The molecule has 2 amide bonds. The maximum atomic E-state index is 13.7. The first kappa shape index (κ1) is 30.4. The predicted molar refractivity (Wildman–Crippen MR) is 136 cm³/mol. The lowest BCUT2D eigenvalue weighted by molar-refractivity contribution is -0.138. The van der Waals surface area contributed by atoms with E-state index in [0.717, 1.165) is 23.1 Å². The van der Waals surface area contributed by atoms with Crippen LogP contribution >= 0.6 is 0 Å². The first-order chi connectivity index (χ1) is 17.5. The van der Waals surface area contributed by atoms with Crippen LogP contribution in [0.25, 0.3) is 0 Å². The van der Waals surface area contributed by atoms with Crippen molar-refractivity contribution in [2.75, 3.05) is 20.1 Å². The molecule has 214 valence electrons. The molecule has 1 aliphatic heterocycles. The molecule has 2 fully saturated rings. The summed E-state index contributed by atoms with van der Waals surface area (Å²) in [4.78, 5) is 27.7. The summed E-state index contributed by atoms with van der Waals surface area (Å²) in [6.45, 7) is 9.14. The van der Waals surface area contributed by atoms with Gasteiger partial charge >= 0.3 is 12.3 Å². The number of imide groups is 1. The van der Waals surface area contributed by atoms with Crippen LogP contribution in [-0.2, 0) is 25.7 Å². The fourth-order valence-corrected chi connectivity index (χ4v) is 6.96. The Kier molecular flexibility index (Phi) is 8.89. The quantitative estimate of drug-likeness (QED) is 0.527. The number of nitrogens with zero attached hydrogens (tertiary/aromatic N) is 2. The number of carbonyl (C=O) groups excluding carboxylic acids is 2. The smallest absolute Gasteiger partial charge is 0.417 e. The minimum absolute atomic E-state index is 0.00507. The maximum Gasteiger partial charge on any atom is 0.417 e.